The maximum Gasteiger partial charge on any atom is 0.0593 e. The second kappa shape index (κ2) is 11.0. The third-order valence-electron chi connectivity index (χ3n) is 2.79. The summed E-state index contributed by atoms with van der Waals surface area (Å²) in [7, 11) is 0. The molecule has 104 valence electrons. The van der Waals surface area contributed by atoms with Crippen molar-refractivity contribution >= 4 is 0 Å². The predicted molar refractivity (Wildman–Crippen MR) is 72.3 cm³/mol. The van der Waals surface area contributed by atoms with E-state index in [0.717, 1.165) is 45.9 Å². The fourth-order valence-electron chi connectivity index (χ4n) is 1.89. The van der Waals surface area contributed by atoms with E-state index in [4.69, 9.17) is 15.2 Å². The lowest BCUT2D eigenvalue weighted by atomic mass is 10.1. The zero-order valence-corrected chi connectivity index (χ0v) is 11.9. The van der Waals surface area contributed by atoms with Gasteiger partial charge in [0.15, 0.2) is 0 Å². The van der Waals surface area contributed by atoms with Gasteiger partial charge in [-0.25, -0.2) is 0 Å². The van der Waals surface area contributed by atoms with Gasteiger partial charge in [0.1, 0.15) is 0 Å². The Morgan fingerprint density at radius 2 is 1.47 bits per heavy atom. The summed E-state index contributed by atoms with van der Waals surface area (Å²) >= 11 is 0. The third-order valence-corrected chi connectivity index (χ3v) is 2.79. The zero-order chi connectivity index (χ0) is 13.1. The van der Waals surface area contributed by atoms with Crippen molar-refractivity contribution in [2.24, 2.45) is 5.73 Å². The second-order valence-electron chi connectivity index (χ2n) is 4.49. The van der Waals surface area contributed by atoms with Gasteiger partial charge in [-0.15, -0.1) is 0 Å². The van der Waals surface area contributed by atoms with E-state index in [2.05, 4.69) is 18.7 Å². The average Bonchev–Trinajstić information content (AvgIpc) is 2.26. The molecular formula is C13H30N2O2. The minimum absolute atomic E-state index is 0.242. The molecule has 0 aromatic heterocycles. The van der Waals surface area contributed by atoms with Gasteiger partial charge in [-0.2, -0.15) is 0 Å². The Bertz CT molecular complexity index is 155. The Morgan fingerprint density at radius 1 is 1.00 bits per heavy atom. The molecule has 2 atom stereocenters. The maximum atomic E-state index is 5.85. The first-order chi connectivity index (χ1) is 8.11. The molecule has 0 bridgehead atoms. The smallest absolute Gasteiger partial charge is 0.0593 e. The third kappa shape index (κ3) is 9.53. The van der Waals surface area contributed by atoms with Crippen LogP contribution in [-0.2, 0) is 9.47 Å². The molecule has 0 amide bonds. The van der Waals surface area contributed by atoms with Gasteiger partial charge >= 0.3 is 0 Å². The maximum absolute atomic E-state index is 5.85. The lowest BCUT2D eigenvalue weighted by Crippen LogP contribution is -2.41. The zero-order valence-electron chi connectivity index (χ0n) is 11.9. The molecular weight excluding hydrogens is 216 g/mol. The summed E-state index contributed by atoms with van der Waals surface area (Å²) in [4.78, 5) is 2.40. The van der Waals surface area contributed by atoms with Crippen LogP contribution in [0.4, 0.5) is 0 Å². The van der Waals surface area contributed by atoms with Crippen LogP contribution in [0.15, 0.2) is 0 Å². The first-order valence-corrected chi connectivity index (χ1v) is 6.76. The van der Waals surface area contributed by atoms with Crippen LogP contribution in [-0.4, -0.2) is 56.5 Å². The van der Waals surface area contributed by atoms with E-state index in [1.165, 1.54) is 0 Å². The molecule has 4 heteroatoms. The molecule has 0 radical (unpaired) electrons. The number of nitrogens with zero attached hydrogens (tertiary/aromatic N) is 1. The topological polar surface area (TPSA) is 47.7 Å². The van der Waals surface area contributed by atoms with E-state index in [-0.39, 0.29) is 6.04 Å². The highest BCUT2D eigenvalue weighted by Crippen LogP contribution is 2.05. The number of rotatable bonds is 11. The molecule has 17 heavy (non-hydrogen) atoms. The van der Waals surface area contributed by atoms with Gasteiger partial charge in [-0.1, -0.05) is 0 Å². The van der Waals surface area contributed by atoms with Crippen molar-refractivity contribution in [1.82, 2.24) is 4.90 Å². The quantitative estimate of drug-likeness (QED) is 0.561. The van der Waals surface area contributed by atoms with Gasteiger partial charge in [0.2, 0.25) is 0 Å². The average molecular weight is 246 g/mol. The SMILES string of the molecule is CCOCCN(CCOCC)C(C)CC(C)N. The Hall–Kier alpha value is -0.160. The van der Waals surface area contributed by atoms with Crippen molar-refractivity contribution in [3.63, 3.8) is 0 Å². The summed E-state index contributed by atoms with van der Waals surface area (Å²) in [5.41, 5.74) is 5.85. The minimum atomic E-state index is 0.242. The lowest BCUT2D eigenvalue weighted by Gasteiger charge is -2.30. The Balaban J connectivity index is 3.98. The highest BCUT2D eigenvalue weighted by Gasteiger charge is 2.14. The summed E-state index contributed by atoms with van der Waals surface area (Å²) in [6.45, 7) is 13.4. The van der Waals surface area contributed by atoms with Crippen molar-refractivity contribution in [1.29, 1.82) is 0 Å². The number of nitrogens with two attached hydrogens (primary N) is 1. The second-order valence-corrected chi connectivity index (χ2v) is 4.49. The van der Waals surface area contributed by atoms with E-state index < -0.39 is 0 Å². The molecule has 0 spiro atoms. The van der Waals surface area contributed by atoms with E-state index in [1.807, 2.05) is 13.8 Å². The normalized spacial score (nSPS) is 15.2. The highest BCUT2D eigenvalue weighted by atomic mass is 16.5. The molecule has 0 fully saturated rings. The van der Waals surface area contributed by atoms with Crippen LogP contribution < -0.4 is 5.73 Å². The molecule has 0 heterocycles. The number of hydrogen-bond donors (Lipinski definition) is 1. The van der Waals surface area contributed by atoms with Crippen LogP contribution in [0.25, 0.3) is 0 Å². The Kier molecular flexibility index (Phi) is 10.9. The van der Waals surface area contributed by atoms with Crippen LogP contribution in [0.3, 0.4) is 0 Å². The molecule has 0 aliphatic heterocycles. The molecule has 0 aromatic carbocycles. The van der Waals surface area contributed by atoms with E-state index in [9.17, 15) is 0 Å². The largest absolute Gasteiger partial charge is 0.380 e. The first-order valence-electron chi connectivity index (χ1n) is 6.76. The molecule has 0 saturated carbocycles. The molecule has 0 aliphatic rings. The fraction of sp³-hybridized carbons (Fsp3) is 1.00. The van der Waals surface area contributed by atoms with Crippen LogP contribution >= 0.6 is 0 Å². The Labute approximate surface area is 106 Å². The summed E-state index contributed by atoms with van der Waals surface area (Å²) in [6.07, 6.45) is 1.01. The standard InChI is InChI=1S/C13H30N2O2/c1-5-16-9-7-15(8-10-17-6-2)13(4)11-12(3)14/h12-13H,5-11,14H2,1-4H3. The van der Waals surface area contributed by atoms with Gasteiger partial charge in [0.25, 0.3) is 0 Å². The number of hydrogen-bond acceptors (Lipinski definition) is 4. The molecule has 0 aliphatic carbocycles. The fourth-order valence-corrected chi connectivity index (χ4v) is 1.89. The van der Waals surface area contributed by atoms with E-state index in [1.54, 1.807) is 0 Å². The van der Waals surface area contributed by atoms with Gasteiger partial charge in [-0.3, -0.25) is 4.90 Å². The molecule has 2 unspecified atom stereocenters. The Morgan fingerprint density at radius 3 is 1.82 bits per heavy atom. The first kappa shape index (κ1) is 16.8. The predicted octanol–water partition coefficient (Wildman–Crippen LogP) is 1.49. The lowest BCUT2D eigenvalue weighted by molar-refractivity contribution is 0.0633. The highest BCUT2D eigenvalue weighted by molar-refractivity contribution is 4.71. The van der Waals surface area contributed by atoms with Crippen molar-refractivity contribution in [3.05, 3.63) is 0 Å². The molecule has 0 rings (SSSR count). The molecule has 2 N–H and O–H groups in total. The molecule has 0 saturated heterocycles. The van der Waals surface area contributed by atoms with E-state index >= 15 is 0 Å². The van der Waals surface area contributed by atoms with Crippen LogP contribution in [0.1, 0.15) is 34.1 Å². The summed E-state index contributed by atoms with van der Waals surface area (Å²) in [6, 6.07) is 0.725. The van der Waals surface area contributed by atoms with Crippen molar-refractivity contribution < 1.29 is 9.47 Å². The van der Waals surface area contributed by atoms with Crippen molar-refractivity contribution in [2.75, 3.05) is 39.5 Å². The van der Waals surface area contributed by atoms with Gasteiger partial charge in [0.05, 0.1) is 13.2 Å². The van der Waals surface area contributed by atoms with Crippen LogP contribution in [0, 0.1) is 0 Å². The van der Waals surface area contributed by atoms with Gasteiger partial charge < -0.3 is 15.2 Å². The van der Waals surface area contributed by atoms with E-state index in [0.29, 0.717) is 6.04 Å². The van der Waals surface area contributed by atoms with Crippen molar-refractivity contribution in [2.45, 2.75) is 46.2 Å². The minimum Gasteiger partial charge on any atom is -0.380 e. The van der Waals surface area contributed by atoms with Crippen LogP contribution in [0.5, 0.6) is 0 Å². The monoisotopic (exact) mass is 246 g/mol. The number of ether oxygens (including phenoxy) is 2. The summed E-state index contributed by atoms with van der Waals surface area (Å²) in [5, 5.41) is 0. The summed E-state index contributed by atoms with van der Waals surface area (Å²) in [5.74, 6) is 0. The van der Waals surface area contributed by atoms with Crippen molar-refractivity contribution in [3.8, 4) is 0 Å². The van der Waals surface area contributed by atoms with Gasteiger partial charge in [-0.05, 0) is 34.1 Å². The van der Waals surface area contributed by atoms with Gasteiger partial charge in [0, 0.05) is 38.4 Å². The molecule has 4 nitrogen and oxygen atoms in total. The summed E-state index contributed by atoms with van der Waals surface area (Å²) < 4.78 is 10.8. The molecule has 0 aromatic rings. The van der Waals surface area contributed by atoms with Crippen LogP contribution in [0.2, 0.25) is 0 Å².